The monoisotopic (exact) mass is 172 g/mol. The second-order valence-corrected chi connectivity index (χ2v) is 3.34. The topological polar surface area (TPSA) is 63.4 Å². The van der Waals surface area contributed by atoms with Gasteiger partial charge in [0, 0.05) is 6.42 Å². The van der Waals surface area contributed by atoms with E-state index >= 15 is 0 Å². The Morgan fingerprint density at radius 3 is 2.33 bits per heavy atom. The van der Waals surface area contributed by atoms with Crippen LogP contribution in [0, 0.1) is 0 Å². The molecule has 0 radical (unpaired) electrons. The summed E-state index contributed by atoms with van der Waals surface area (Å²) in [7, 11) is 3.60. The molecule has 0 aromatic heterocycles. The van der Waals surface area contributed by atoms with Crippen molar-refractivity contribution >= 4 is 12.2 Å². The summed E-state index contributed by atoms with van der Waals surface area (Å²) in [6.07, 6.45) is 1.56. The van der Waals surface area contributed by atoms with E-state index in [1.807, 2.05) is 0 Å². The number of hydrogen-bond acceptors (Lipinski definition) is 3. The second-order valence-electron chi connectivity index (χ2n) is 3.34. The van der Waals surface area contributed by atoms with Gasteiger partial charge in [-0.3, -0.25) is 9.69 Å². The van der Waals surface area contributed by atoms with Gasteiger partial charge in [-0.15, -0.1) is 0 Å². The fraction of sp³-hybridized carbons (Fsp3) is 0.750. The van der Waals surface area contributed by atoms with Gasteiger partial charge in [0.15, 0.2) is 0 Å². The van der Waals surface area contributed by atoms with Crippen LogP contribution in [-0.2, 0) is 9.59 Å². The third-order valence-corrected chi connectivity index (χ3v) is 2.15. The van der Waals surface area contributed by atoms with Gasteiger partial charge >= 0.3 is 0 Å². The van der Waals surface area contributed by atoms with E-state index < -0.39 is 5.54 Å². The van der Waals surface area contributed by atoms with E-state index in [1.165, 1.54) is 0 Å². The summed E-state index contributed by atoms with van der Waals surface area (Å²) >= 11 is 0. The molecule has 0 heterocycles. The molecule has 0 aromatic rings. The van der Waals surface area contributed by atoms with Gasteiger partial charge < -0.3 is 10.5 Å². The Balaban J connectivity index is 4.15. The number of aldehydes is 1. The fourth-order valence-electron chi connectivity index (χ4n) is 0.764. The van der Waals surface area contributed by atoms with Crippen molar-refractivity contribution in [1.29, 1.82) is 0 Å². The maximum atomic E-state index is 10.7. The molecule has 0 aromatic carbocycles. The van der Waals surface area contributed by atoms with Crippen LogP contribution in [0.25, 0.3) is 0 Å². The van der Waals surface area contributed by atoms with Crippen LogP contribution in [0.1, 0.15) is 19.8 Å². The summed E-state index contributed by atoms with van der Waals surface area (Å²) < 4.78 is 0. The van der Waals surface area contributed by atoms with Crippen molar-refractivity contribution in [2.45, 2.75) is 25.3 Å². The maximum Gasteiger partial charge on any atom is 0.217 e. The van der Waals surface area contributed by atoms with Crippen LogP contribution in [-0.4, -0.2) is 36.7 Å². The minimum atomic E-state index is -0.574. The number of carbonyl (C=O) groups excluding carboxylic acids is 2. The Morgan fingerprint density at radius 1 is 1.58 bits per heavy atom. The molecule has 0 bridgehead atoms. The van der Waals surface area contributed by atoms with E-state index in [0.717, 1.165) is 6.29 Å². The molecule has 1 atom stereocenters. The van der Waals surface area contributed by atoms with E-state index in [4.69, 9.17) is 5.73 Å². The van der Waals surface area contributed by atoms with E-state index in [9.17, 15) is 9.59 Å². The molecule has 0 saturated heterocycles. The highest BCUT2D eigenvalue weighted by Crippen LogP contribution is 2.14. The van der Waals surface area contributed by atoms with Crippen LogP contribution in [0.15, 0.2) is 0 Å². The Bertz CT molecular complexity index is 180. The Morgan fingerprint density at radius 2 is 2.08 bits per heavy atom. The molecule has 0 rings (SSSR count). The van der Waals surface area contributed by atoms with Crippen molar-refractivity contribution < 1.29 is 9.59 Å². The normalized spacial score (nSPS) is 15.7. The maximum absolute atomic E-state index is 10.7. The van der Waals surface area contributed by atoms with Gasteiger partial charge in [-0.1, -0.05) is 0 Å². The number of primary amides is 1. The lowest BCUT2D eigenvalue weighted by Crippen LogP contribution is -2.43. The van der Waals surface area contributed by atoms with Crippen molar-refractivity contribution in [2.75, 3.05) is 14.1 Å². The van der Waals surface area contributed by atoms with Gasteiger partial charge in [0.1, 0.15) is 6.29 Å². The van der Waals surface area contributed by atoms with Crippen molar-refractivity contribution in [3.8, 4) is 0 Å². The zero-order valence-electron chi connectivity index (χ0n) is 7.83. The van der Waals surface area contributed by atoms with Crippen LogP contribution >= 0.6 is 0 Å². The number of hydrogen-bond donors (Lipinski definition) is 1. The first kappa shape index (κ1) is 11.1. The first-order chi connectivity index (χ1) is 5.42. The average molecular weight is 172 g/mol. The minimum Gasteiger partial charge on any atom is -0.370 e. The smallest absolute Gasteiger partial charge is 0.217 e. The lowest BCUT2D eigenvalue weighted by atomic mass is 9.96. The van der Waals surface area contributed by atoms with Gasteiger partial charge in [0.2, 0.25) is 5.91 Å². The summed E-state index contributed by atoms with van der Waals surface area (Å²) in [5.41, 5.74) is 4.41. The van der Waals surface area contributed by atoms with E-state index in [0.29, 0.717) is 6.42 Å². The molecule has 0 aliphatic heterocycles. The van der Waals surface area contributed by atoms with Gasteiger partial charge in [-0.05, 0) is 27.4 Å². The molecule has 4 heteroatoms. The molecule has 0 aliphatic rings. The molecular weight excluding hydrogens is 156 g/mol. The molecule has 0 unspecified atom stereocenters. The molecular formula is C8H16N2O2. The Kier molecular flexibility index (Phi) is 3.89. The Hall–Kier alpha value is -0.900. The van der Waals surface area contributed by atoms with E-state index in [-0.39, 0.29) is 12.3 Å². The number of nitrogens with zero attached hydrogens (tertiary/aromatic N) is 1. The molecule has 70 valence electrons. The Labute approximate surface area is 72.7 Å². The molecule has 12 heavy (non-hydrogen) atoms. The van der Waals surface area contributed by atoms with Crippen molar-refractivity contribution in [2.24, 2.45) is 5.73 Å². The minimum absolute atomic E-state index is 0.243. The highest BCUT2D eigenvalue weighted by molar-refractivity contribution is 5.75. The highest BCUT2D eigenvalue weighted by Gasteiger charge is 2.26. The lowest BCUT2D eigenvalue weighted by Gasteiger charge is -2.30. The number of likely N-dealkylation sites (N-methyl/N-ethyl adjacent to an activating group) is 1. The van der Waals surface area contributed by atoms with Crippen LogP contribution in [0.5, 0.6) is 0 Å². The third kappa shape index (κ3) is 3.00. The first-order valence-corrected chi connectivity index (χ1v) is 3.84. The SMILES string of the molecule is CN(C)[C@](C)(C=O)CCC(N)=O. The predicted octanol–water partition coefficient (Wildman–Crippen LogP) is -0.229. The summed E-state index contributed by atoms with van der Waals surface area (Å²) in [5, 5.41) is 0. The van der Waals surface area contributed by atoms with Crippen molar-refractivity contribution in [3.63, 3.8) is 0 Å². The molecule has 0 aliphatic carbocycles. The number of amides is 1. The van der Waals surface area contributed by atoms with Crippen LogP contribution in [0.4, 0.5) is 0 Å². The molecule has 2 N–H and O–H groups in total. The van der Waals surface area contributed by atoms with Gasteiger partial charge in [0.25, 0.3) is 0 Å². The number of carbonyl (C=O) groups is 2. The summed E-state index contributed by atoms with van der Waals surface area (Å²) in [5.74, 6) is -0.370. The molecule has 1 amide bonds. The van der Waals surface area contributed by atoms with E-state index in [1.54, 1.807) is 25.9 Å². The molecule has 0 fully saturated rings. The van der Waals surface area contributed by atoms with Crippen molar-refractivity contribution in [3.05, 3.63) is 0 Å². The predicted molar refractivity (Wildman–Crippen MR) is 46.6 cm³/mol. The number of rotatable bonds is 5. The largest absolute Gasteiger partial charge is 0.370 e. The fourth-order valence-corrected chi connectivity index (χ4v) is 0.764. The van der Waals surface area contributed by atoms with Crippen molar-refractivity contribution in [1.82, 2.24) is 4.90 Å². The molecule has 0 spiro atoms. The highest BCUT2D eigenvalue weighted by atomic mass is 16.1. The molecule has 4 nitrogen and oxygen atoms in total. The molecule has 0 saturated carbocycles. The van der Waals surface area contributed by atoms with E-state index in [2.05, 4.69) is 0 Å². The van der Waals surface area contributed by atoms with Crippen LogP contribution in [0.2, 0.25) is 0 Å². The van der Waals surface area contributed by atoms with Crippen LogP contribution < -0.4 is 5.73 Å². The third-order valence-electron chi connectivity index (χ3n) is 2.15. The summed E-state index contributed by atoms with van der Waals surface area (Å²) in [6.45, 7) is 1.78. The van der Waals surface area contributed by atoms with Gasteiger partial charge in [-0.2, -0.15) is 0 Å². The van der Waals surface area contributed by atoms with Crippen LogP contribution in [0.3, 0.4) is 0 Å². The lowest BCUT2D eigenvalue weighted by molar-refractivity contribution is -0.120. The standard InChI is InChI=1S/C8H16N2O2/c1-8(6-11,10(2)3)5-4-7(9)12/h6H,4-5H2,1-3H3,(H2,9,12)/t8-/m0/s1. The number of nitrogens with two attached hydrogens (primary N) is 1. The summed E-state index contributed by atoms with van der Waals surface area (Å²) in [6, 6.07) is 0. The zero-order valence-corrected chi connectivity index (χ0v) is 7.83. The average Bonchev–Trinajstić information content (AvgIpc) is 1.99. The summed E-state index contributed by atoms with van der Waals surface area (Å²) in [4.78, 5) is 22.9. The van der Waals surface area contributed by atoms with Gasteiger partial charge in [0.05, 0.1) is 5.54 Å². The second kappa shape index (κ2) is 4.21. The van der Waals surface area contributed by atoms with Gasteiger partial charge in [-0.25, -0.2) is 0 Å². The first-order valence-electron chi connectivity index (χ1n) is 3.84. The zero-order chi connectivity index (χ0) is 9.78. The quantitative estimate of drug-likeness (QED) is 0.583.